The highest BCUT2D eigenvalue weighted by Gasteiger charge is 2.20. The molecule has 2 rings (SSSR count). The van der Waals surface area contributed by atoms with Crippen molar-refractivity contribution < 1.29 is 9.53 Å². The molecule has 4 heteroatoms. The molecule has 1 saturated carbocycles. The Hall–Kier alpha value is -1.71. The fourth-order valence-corrected chi connectivity index (χ4v) is 1.54. The lowest BCUT2D eigenvalue weighted by Gasteiger charge is -2.09. The van der Waals surface area contributed by atoms with Crippen LogP contribution in [0.3, 0.4) is 0 Å². The second kappa shape index (κ2) is 4.43. The van der Waals surface area contributed by atoms with Crippen LogP contribution in [0.15, 0.2) is 18.2 Å². The number of benzene rings is 1. The van der Waals surface area contributed by atoms with Crippen LogP contribution in [0.25, 0.3) is 0 Å². The molecule has 3 N–H and O–H groups in total. The van der Waals surface area contributed by atoms with Crippen molar-refractivity contribution in [1.29, 1.82) is 0 Å². The summed E-state index contributed by atoms with van der Waals surface area (Å²) in [7, 11) is 1.35. The van der Waals surface area contributed by atoms with Gasteiger partial charge in [0.2, 0.25) is 0 Å². The molecule has 0 aromatic heterocycles. The van der Waals surface area contributed by atoms with Gasteiger partial charge in [-0.05, 0) is 37.0 Å². The number of hydrogen-bond donors (Lipinski definition) is 2. The maximum Gasteiger partial charge on any atom is 0.340 e. The van der Waals surface area contributed by atoms with E-state index in [1.165, 1.54) is 20.0 Å². The molecule has 86 valence electrons. The summed E-state index contributed by atoms with van der Waals surface area (Å²) in [5.74, 6) is 0.395. The molecule has 0 unspecified atom stereocenters. The van der Waals surface area contributed by atoms with Crippen molar-refractivity contribution in [2.24, 2.45) is 5.92 Å². The molecule has 1 fully saturated rings. The van der Waals surface area contributed by atoms with E-state index < -0.39 is 5.97 Å². The molecular weight excluding hydrogens is 204 g/mol. The molecule has 0 atom stereocenters. The van der Waals surface area contributed by atoms with Crippen LogP contribution in [0, 0.1) is 5.92 Å². The van der Waals surface area contributed by atoms with Gasteiger partial charge in [0.05, 0.1) is 12.7 Å². The lowest BCUT2D eigenvalue weighted by molar-refractivity contribution is 0.0602. The number of nitrogens with one attached hydrogen (secondary N) is 1. The molecular formula is C12H16N2O2. The summed E-state index contributed by atoms with van der Waals surface area (Å²) < 4.78 is 4.66. The standard InChI is InChI=1S/C12H16N2O2/c1-16-12(15)10-6-9(4-5-11(10)13)14-7-8-2-3-8/h4-6,8,14H,2-3,7,13H2,1H3. The number of hydrogen-bond acceptors (Lipinski definition) is 4. The quantitative estimate of drug-likeness (QED) is 0.600. The lowest BCUT2D eigenvalue weighted by atomic mass is 10.1. The van der Waals surface area contributed by atoms with Crippen molar-refractivity contribution in [2.75, 3.05) is 24.7 Å². The first-order valence-corrected chi connectivity index (χ1v) is 5.42. The van der Waals surface area contributed by atoms with E-state index >= 15 is 0 Å². The van der Waals surface area contributed by atoms with Crippen LogP contribution in [-0.2, 0) is 4.74 Å². The van der Waals surface area contributed by atoms with Gasteiger partial charge in [0.15, 0.2) is 0 Å². The second-order valence-electron chi connectivity index (χ2n) is 4.12. The highest BCUT2D eigenvalue weighted by molar-refractivity contribution is 5.96. The summed E-state index contributed by atoms with van der Waals surface area (Å²) in [5, 5.41) is 3.29. The Morgan fingerprint density at radius 1 is 1.56 bits per heavy atom. The zero-order valence-electron chi connectivity index (χ0n) is 9.32. The van der Waals surface area contributed by atoms with E-state index in [2.05, 4.69) is 10.1 Å². The predicted molar refractivity (Wildman–Crippen MR) is 63.4 cm³/mol. The maximum absolute atomic E-state index is 11.4. The highest BCUT2D eigenvalue weighted by Crippen LogP contribution is 2.29. The molecule has 1 aliphatic carbocycles. The molecule has 0 amide bonds. The minimum atomic E-state index is -0.396. The largest absolute Gasteiger partial charge is 0.465 e. The molecule has 0 saturated heterocycles. The first-order valence-electron chi connectivity index (χ1n) is 5.42. The minimum Gasteiger partial charge on any atom is -0.465 e. The summed E-state index contributed by atoms with van der Waals surface area (Å²) in [6.07, 6.45) is 2.59. The minimum absolute atomic E-state index is 0.396. The molecule has 0 radical (unpaired) electrons. The molecule has 0 heterocycles. The topological polar surface area (TPSA) is 64.3 Å². The van der Waals surface area contributed by atoms with Gasteiger partial charge >= 0.3 is 5.97 Å². The van der Waals surface area contributed by atoms with Gasteiger partial charge in [0.1, 0.15) is 0 Å². The Kier molecular flexibility index (Phi) is 2.99. The number of carbonyl (C=O) groups excluding carboxylic acids is 1. The number of rotatable bonds is 4. The molecule has 0 aliphatic heterocycles. The zero-order valence-corrected chi connectivity index (χ0v) is 9.32. The van der Waals surface area contributed by atoms with E-state index in [1.54, 1.807) is 12.1 Å². The van der Waals surface area contributed by atoms with Gasteiger partial charge < -0.3 is 15.8 Å². The Bertz CT molecular complexity index is 400. The summed E-state index contributed by atoms with van der Waals surface area (Å²) in [6, 6.07) is 5.34. The van der Waals surface area contributed by atoms with Gasteiger partial charge in [-0.2, -0.15) is 0 Å². The van der Waals surface area contributed by atoms with Gasteiger partial charge in [-0.15, -0.1) is 0 Å². The summed E-state index contributed by atoms with van der Waals surface area (Å²) in [4.78, 5) is 11.4. The molecule has 1 aromatic rings. The van der Waals surface area contributed by atoms with Gasteiger partial charge in [-0.3, -0.25) is 0 Å². The van der Waals surface area contributed by atoms with Crippen molar-refractivity contribution in [3.05, 3.63) is 23.8 Å². The zero-order chi connectivity index (χ0) is 11.5. The molecule has 1 aliphatic rings. The Morgan fingerprint density at radius 3 is 2.94 bits per heavy atom. The molecule has 16 heavy (non-hydrogen) atoms. The summed E-state index contributed by atoms with van der Waals surface area (Å²) in [5.41, 5.74) is 7.49. The van der Waals surface area contributed by atoms with E-state index in [-0.39, 0.29) is 0 Å². The predicted octanol–water partition coefficient (Wildman–Crippen LogP) is 1.88. The van der Waals surface area contributed by atoms with Crippen LogP contribution < -0.4 is 11.1 Å². The van der Waals surface area contributed by atoms with Gasteiger partial charge in [-0.25, -0.2) is 4.79 Å². The van der Waals surface area contributed by atoms with Crippen LogP contribution in [-0.4, -0.2) is 19.6 Å². The van der Waals surface area contributed by atoms with Crippen LogP contribution in [0.2, 0.25) is 0 Å². The van der Waals surface area contributed by atoms with Crippen molar-refractivity contribution in [3.63, 3.8) is 0 Å². The first-order chi connectivity index (χ1) is 7.70. The molecule has 0 bridgehead atoms. The monoisotopic (exact) mass is 220 g/mol. The fraction of sp³-hybridized carbons (Fsp3) is 0.417. The Balaban J connectivity index is 2.10. The van der Waals surface area contributed by atoms with E-state index in [4.69, 9.17) is 5.73 Å². The third-order valence-corrected chi connectivity index (χ3v) is 2.75. The van der Waals surface area contributed by atoms with Crippen LogP contribution in [0.1, 0.15) is 23.2 Å². The van der Waals surface area contributed by atoms with E-state index in [0.29, 0.717) is 11.3 Å². The summed E-state index contributed by atoms with van der Waals surface area (Å²) in [6.45, 7) is 0.963. The fourth-order valence-electron chi connectivity index (χ4n) is 1.54. The van der Waals surface area contributed by atoms with Crippen LogP contribution in [0.4, 0.5) is 11.4 Å². The van der Waals surface area contributed by atoms with Crippen LogP contribution >= 0.6 is 0 Å². The molecule has 1 aromatic carbocycles. The number of anilines is 2. The average molecular weight is 220 g/mol. The number of esters is 1. The van der Waals surface area contributed by atoms with Gasteiger partial charge in [-0.1, -0.05) is 0 Å². The number of nitrogen functional groups attached to an aromatic ring is 1. The maximum atomic E-state index is 11.4. The molecule has 4 nitrogen and oxygen atoms in total. The van der Waals surface area contributed by atoms with Crippen molar-refractivity contribution >= 4 is 17.3 Å². The highest BCUT2D eigenvalue weighted by atomic mass is 16.5. The van der Waals surface area contributed by atoms with E-state index in [9.17, 15) is 4.79 Å². The third-order valence-electron chi connectivity index (χ3n) is 2.75. The Morgan fingerprint density at radius 2 is 2.31 bits per heavy atom. The Labute approximate surface area is 94.8 Å². The van der Waals surface area contributed by atoms with Crippen LogP contribution in [0.5, 0.6) is 0 Å². The average Bonchev–Trinajstić information content (AvgIpc) is 3.11. The van der Waals surface area contributed by atoms with Gasteiger partial charge in [0.25, 0.3) is 0 Å². The number of carbonyl (C=O) groups is 1. The van der Waals surface area contributed by atoms with Crippen molar-refractivity contribution in [3.8, 4) is 0 Å². The second-order valence-corrected chi connectivity index (χ2v) is 4.12. The van der Waals surface area contributed by atoms with E-state index in [0.717, 1.165) is 18.2 Å². The third kappa shape index (κ3) is 2.45. The van der Waals surface area contributed by atoms with Crippen molar-refractivity contribution in [2.45, 2.75) is 12.8 Å². The summed E-state index contributed by atoms with van der Waals surface area (Å²) >= 11 is 0. The number of ether oxygens (including phenoxy) is 1. The van der Waals surface area contributed by atoms with E-state index in [1.807, 2.05) is 6.07 Å². The normalized spacial score (nSPS) is 14.6. The first kappa shape index (κ1) is 10.8. The van der Waals surface area contributed by atoms with Gasteiger partial charge in [0, 0.05) is 17.9 Å². The number of nitrogens with two attached hydrogens (primary N) is 1. The molecule has 0 spiro atoms. The lowest BCUT2D eigenvalue weighted by Crippen LogP contribution is -2.08. The van der Waals surface area contributed by atoms with Crippen molar-refractivity contribution in [1.82, 2.24) is 0 Å². The smallest absolute Gasteiger partial charge is 0.340 e. The number of methoxy groups -OCH3 is 1. The SMILES string of the molecule is COC(=O)c1cc(NCC2CC2)ccc1N.